The second kappa shape index (κ2) is 18.0. The third kappa shape index (κ3) is 7.62. The summed E-state index contributed by atoms with van der Waals surface area (Å²) in [6.45, 7) is 0.236. The van der Waals surface area contributed by atoms with Crippen LogP contribution in [0.2, 0.25) is 0 Å². The molecule has 64 heavy (non-hydrogen) atoms. The highest BCUT2D eigenvalue weighted by molar-refractivity contribution is 7.20. The second-order valence-corrected chi connectivity index (χ2v) is 12.7. The largest absolute Gasteiger partial charge is 0.465 e. The second-order valence-electron chi connectivity index (χ2n) is 12.7. The Balaban J connectivity index is 0.000000337. The lowest BCUT2D eigenvalue weighted by atomic mass is 9.12. The van der Waals surface area contributed by atoms with Gasteiger partial charge in [-0.1, -0.05) is 12.1 Å². The van der Waals surface area contributed by atoms with Crippen molar-refractivity contribution in [2.75, 3.05) is 7.11 Å². The maximum Gasteiger partial charge on any atom is 0.337 e. The third-order valence-corrected chi connectivity index (χ3v) is 9.35. The number of ketones is 1. The van der Waals surface area contributed by atoms with Crippen LogP contribution in [0.25, 0.3) is 0 Å². The summed E-state index contributed by atoms with van der Waals surface area (Å²) in [5.41, 5.74) is -13.4. The number of esters is 1. The predicted molar refractivity (Wildman–Crippen MR) is 176 cm³/mol. The summed E-state index contributed by atoms with van der Waals surface area (Å²) < 4.78 is 300. The molecule has 0 fully saturated rings. The van der Waals surface area contributed by atoms with Crippen LogP contribution in [0.3, 0.4) is 0 Å². The van der Waals surface area contributed by atoms with Gasteiger partial charge in [0.1, 0.15) is 52.7 Å². The molecule has 5 nitrogen and oxygen atoms in total. The van der Waals surface area contributed by atoms with E-state index in [1.165, 1.54) is 7.11 Å². The minimum atomic E-state index is -7.22. The van der Waals surface area contributed by atoms with Gasteiger partial charge in [0.15, 0.2) is 82.2 Å². The van der Waals surface area contributed by atoms with Crippen molar-refractivity contribution in [2.24, 2.45) is 0 Å². The van der Waals surface area contributed by atoms with E-state index < -0.39 is 150 Å². The Bertz CT molecular complexity index is 2500. The van der Waals surface area contributed by atoms with Crippen molar-refractivity contribution in [1.82, 2.24) is 4.98 Å². The highest BCUT2D eigenvalue weighted by Crippen LogP contribution is 2.30. The van der Waals surface area contributed by atoms with Crippen molar-refractivity contribution >= 4 is 39.7 Å². The number of nitrogens with zero attached hydrogens (tertiary/aromatic N) is 2. The molecule has 1 aromatic heterocycles. The fourth-order valence-corrected chi connectivity index (χ4v) is 6.49. The molecule has 1 heterocycles. The molecule has 0 aliphatic rings. The SMILES string of the molecule is COC(=O)c1ccc(C(=O)C[n+]2ccncc2)cc1.Fc1c(F)c(F)c([B-](c2c(F)c(F)c(F)c(F)c2F)(c2c(F)c(F)c(F)c(F)c2F)c2c(F)c(F)c(F)c(F)c2F)c(F)c1F. The molecule has 0 aliphatic heterocycles. The van der Waals surface area contributed by atoms with E-state index in [0.29, 0.717) is 11.1 Å². The number of hydrogen-bond donors (Lipinski definition) is 0. The summed E-state index contributed by atoms with van der Waals surface area (Å²) in [6, 6.07) is 6.40. The number of rotatable bonds is 8. The van der Waals surface area contributed by atoms with Gasteiger partial charge in [0.2, 0.25) is 12.3 Å². The summed E-state index contributed by atoms with van der Waals surface area (Å²) in [5.74, 6) is -71.9. The van der Waals surface area contributed by atoms with Crippen LogP contribution in [-0.2, 0) is 11.3 Å². The molecule has 6 aromatic rings. The average molecular weight is 936 g/mol. The molecule has 6 rings (SSSR count). The fourth-order valence-electron chi connectivity index (χ4n) is 6.49. The summed E-state index contributed by atoms with van der Waals surface area (Å²) in [5, 5.41) is 0. The monoisotopic (exact) mass is 936 g/mol. The summed E-state index contributed by atoms with van der Waals surface area (Å²) in [7, 11) is 1.32. The number of methoxy groups -OCH3 is 1. The first-order valence-corrected chi connectivity index (χ1v) is 16.6. The van der Waals surface area contributed by atoms with E-state index in [1.54, 1.807) is 53.6 Å². The first kappa shape index (κ1) is 48.0. The minimum Gasteiger partial charge on any atom is -0.465 e. The average Bonchev–Trinajstić information content (AvgIpc) is 3.29. The number of aromatic nitrogens is 2. The highest BCUT2D eigenvalue weighted by Gasteiger charge is 2.52. The number of ether oxygens (including phenoxy) is 1. The molecule has 0 saturated heterocycles. The lowest BCUT2D eigenvalue weighted by Gasteiger charge is -2.44. The Hall–Kier alpha value is -7.02. The molecule has 5 aromatic carbocycles. The first-order valence-electron chi connectivity index (χ1n) is 16.6. The number of carbonyl (C=O) groups excluding carboxylic acids is 2. The molecule has 0 unspecified atom stereocenters. The van der Waals surface area contributed by atoms with Gasteiger partial charge in [-0.2, -0.15) is 4.57 Å². The summed E-state index contributed by atoms with van der Waals surface area (Å²) >= 11 is 0. The van der Waals surface area contributed by atoms with Crippen molar-refractivity contribution < 1.29 is 107 Å². The van der Waals surface area contributed by atoms with Crippen molar-refractivity contribution in [1.29, 1.82) is 0 Å². The minimum absolute atomic E-state index is 0.0346. The molecular weight excluding hydrogens is 923 g/mol. The van der Waals surface area contributed by atoms with Gasteiger partial charge in [0.25, 0.3) is 0 Å². The van der Waals surface area contributed by atoms with E-state index in [9.17, 15) is 62.3 Å². The van der Waals surface area contributed by atoms with E-state index in [1.807, 2.05) is 0 Å². The molecule has 26 heteroatoms. The van der Waals surface area contributed by atoms with Crippen LogP contribution >= 0.6 is 0 Å². The Labute approximate surface area is 341 Å². The van der Waals surface area contributed by atoms with Gasteiger partial charge in [0.05, 0.1) is 25.1 Å². The Morgan fingerprint density at radius 1 is 0.422 bits per heavy atom. The highest BCUT2D eigenvalue weighted by atomic mass is 19.2. The van der Waals surface area contributed by atoms with Crippen molar-refractivity contribution in [3.05, 3.63) is 177 Å². The Morgan fingerprint density at radius 2 is 0.656 bits per heavy atom. The van der Waals surface area contributed by atoms with E-state index in [4.69, 9.17) is 0 Å². The topological polar surface area (TPSA) is 60.1 Å². The number of Topliss-reactive ketones (excluding diaryl/α,β-unsaturated/α-hetero) is 1. The predicted octanol–water partition coefficient (Wildman–Crippen LogP) is 6.88. The Morgan fingerprint density at radius 3 is 0.906 bits per heavy atom. The van der Waals surface area contributed by atoms with Gasteiger partial charge < -0.3 is 4.74 Å². The van der Waals surface area contributed by atoms with Crippen LogP contribution in [0, 0.1) is 116 Å². The summed E-state index contributed by atoms with van der Waals surface area (Å²) in [6.07, 6.45) is -0.534. The number of halogens is 20. The molecule has 0 spiro atoms. The lowest BCUT2D eigenvalue weighted by molar-refractivity contribution is -0.683. The zero-order valence-electron chi connectivity index (χ0n) is 30.6. The molecule has 0 N–H and O–H groups in total. The molecule has 336 valence electrons. The normalized spacial score (nSPS) is 11.4. The van der Waals surface area contributed by atoms with Gasteiger partial charge in [-0.3, -0.25) is 9.78 Å². The van der Waals surface area contributed by atoms with E-state index in [-0.39, 0.29) is 12.3 Å². The quantitative estimate of drug-likeness (QED) is 0.0318. The van der Waals surface area contributed by atoms with Crippen molar-refractivity contribution in [2.45, 2.75) is 6.54 Å². The molecule has 0 atom stereocenters. The Kier molecular flexibility index (Phi) is 13.5. The van der Waals surface area contributed by atoms with Gasteiger partial charge in [0, 0.05) is 5.56 Å². The van der Waals surface area contributed by atoms with Gasteiger partial charge in [-0.25, -0.2) is 92.6 Å². The van der Waals surface area contributed by atoms with E-state index in [0.717, 1.165) is 0 Å². The number of benzene rings is 5. The van der Waals surface area contributed by atoms with Crippen LogP contribution in [0.5, 0.6) is 0 Å². The molecule has 0 radical (unpaired) electrons. The molecule has 0 saturated carbocycles. The molecule has 0 amide bonds. The third-order valence-electron chi connectivity index (χ3n) is 9.35. The van der Waals surface area contributed by atoms with Crippen molar-refractivity contribution in [3.63, 3.8) is 0 Å². The van der Waals surface area contributed by atoms with Crippen LogP contribution in [0.4, 0.5) is 87.8 Å². The van der Waals surface area contributed by atoms with Gasteiger partial charge in [-0.05, 0) is 12.1 Å². The van der Waals surface area contributed by atoms with Crippen LogP contribution in [-0.4, -0.2) is 30.0 Å². The van der Waals surface area contributed by atoms with Crippen molar-refractivity contribution in [3.8, 4) is 0 Å². The van der Waals surface area contributed by atoms with Gasteiger partial charge >= 0.3 is 5.97 Å². The van der Waals surface area contributed by atoms with Crippen LogP contribution in [0.1, 0.15) is 20.7 Å². The van der Waals surface area contributed by atoms with Crippen LogP contribution < -0.4 is 26.4 Å². The molecule has 0 aliphatic carbocycles. The number of carbonyl (C=O) groups is 2. The maximum absolute atomic E-state index is 15.4. The van der Waals surface area contributed by atoms with Gasteiger partial charge in [-0.15, -0.1) is 21.9 Å². The first-order chi connectivity index (χ1) is 29.9. The van der Waals surface area contributed by atoms with Crippen LogP contribution in [0.15, 0.2) is 49.1 Å². The fraction of sp³-hybridized carbons (Fsp3) is 0.0526. The molecule has 0 bridgehead atoms. The zero-order chi connectivity index (χ0) is 48.0. The van der Waals surface area contributed by atoms with E-state index >= 15 is 35.1 Å². The zero-order valence-corrected chi connectivity index (χ0v) is 30.6. The van der Waals surface area contributed by atoms with E-state index in [2.05, 4.69) is 9.72 Å². The maximum atomic E-state index is 15.4. The standard InChI is InChI=1S/C24BF20.C14H13N2O3/c26-5-1(6(27)14(35)21(42)13(5)34)25(2-7(28)15(36)22(43)16(37)8(2)29,3-9(30)17(38)23(44)18(39)10(3)31)4-11(32)19(40)24(45)20(41)12(4)33;1-19-14(18)12-4-2-11(3-5-12)13(17)10-16-8-6-15-7-9-16/h;2-9H,10H2,1H3/q-1;+1. The smallest absolute Gasteiger partial charge is 0.337 e. The summed E-state index contributed by atoms with van der Waals surface area (Å²) in [4.78, 5) is 27.2. The number of hydrogen-bond acceptors (Lipinski definition) is 4. The lowest BCUT2D eigenvalue weighted by Crippen LogP contribution is -2.81. The molecular formula is C38H13BF20N2O3.